The summed E-state index contributed by atoms with van der Waals surface area (Å²) in [7, 11) is 0. The molecule has 0 aliphatic heterocycles. The van der Waals surface area contributed by atoms with Crippen LogP contribution in [0.3, 0.4) is 0 Å². The minimum Gasteiger partial charge on any atom is -0.384 e. The van der Waals surface area contributed by atoms with Gasteiger partial charge in [0.1, 0.15) is 0 Å². The molecule has 1 atom stereocenters. The first kappa shape index (κ1) is 9.94. The smallest absolute Gasteiger partial charge is 0.0972 e. The van der Waals surface area contributed by atoms with Crippen LogP contribution >= 0.6 is 0 Å². The van der Waals surface area contributed by atoms with E-state index in [9.17, 15) is 5.11 Å². The summed E-state index contributed by atoms with van der Waals surface area (Å²) in [5, 5.41) is 12.1. The average Bonchev–Trinajstić information content (AvgIpc) is 2.29. The number of hydrogen-bond acceptors (Lipinski definition) is 1. The van der Waals surface area contributed by atoms with Crippen molar-refractivity contribution in [2.75, 3.05) is 0 Å². The van der Waals surface area contributed by atoms with Gasteiger partial charge in [-0.3, -0.25) is 0 Å². The van der Waals surface area contributed by atoms with Crippen molar-refractivity contribution in [1.82, 2.24) is 0 Å². The highest BCUT2D eigenvalue weighted by atomic mass is 16.3. The minimum absolute atomic E-state index is 0.563. The Balaban J connectivity index is 2.46. The molecule has 2 aromatic rings. The summed E-state index contributed by atoms with van der Waals surface area (Å²) in [4.78, 5) is 0. The van der Waals surface area contributed by atoms with Crippen LogP contribution in [0.15, 0.2) is 54.6 Å². The van der Waals surface area contributed by atoms with E-state index in [0.717, 1.165) is 10.9 Å². The second kappa shape index (κ2) is 4.28. The van der Waals surface area contributed by atoms with E-state index in [1.165, 1.54) is 5.39 Å². The molecule has 0 fully saturated rings. The third kappa shape index (κ3) is 2.08. The number of rotatable bonds is 2. The number of allylic oxidation sites excluding steroid dienone is 1. The number of aliphatic hydroxyl groups is 1. The second-order valence-corrected chi connectivity index (χ2v) is 3.48. The predicted octanol–water partition coefficient (Wildman–Crippen LogP) is 3.26. The Hall–Kier alpha value is -1.60. The average molecular weight is 197 g/mol. The molecule has 15 heavy (non-hydrogen) atoms. The maximum Gasteiger partial charge on any atom is 0.0972 e. The fourth-order valence-corrected chi connectivity index (χ4v) is 1.63. The van der Waals surface area contributed by atoms with Gasteiger partial charge in [0.05, 0.1) is 6.10 Å². The molecule has 1 nitrogen and oxygen atoms in total. The molecule has 0 heterocycles. The summed E-state index contributed by atoms with van der Waals surface area (Å²) < 4.78 is 0. The van der Waals surface area contributed by atoms with Gasteiger partial charge in [-0.25, -0.2) is 0 Å². The molecule has 0 aliphatic rings. The largest absolute Gasteiger partial charge is 0.384 e. The van der Waals surface area contributed by atoms with Crippen molar-refractivity contribution < 1.29 is 5.11 Å². The van der Waals surface area contributed by atoms with Gasteiger partial charge in [-0.1, -0.05) is 48.6 Å². The maximum absolute atomic E-state index is 9.75. The molecular weight excluding hydrogens is 184 g/mol. The molecule has 1 unspecified atom stereocenters. The van der Waals surface area contributed by atoms with Crippen molar-refractivity contribution >= 4 is 10.8 Å². The number of aliphatic hydroxyl groups excluding tert-OH is 1. The Morgan fingerprint density at radius 2 is 1.80 bits per heavy atom. The van der Waals surface area contributed by atoms with Crippen LogP contribution in [0.4, 0.5) is 0 Å². The van der Waals surface area contributed by atoms with E-state index in [-0.39, 0.29) is 0 Å². The summed E-state index contributed by atoms with van der Waals surface area (Å²) >= 11 is 0. The normalized spacial score (nSPS) is 13.5. The number of fused-ring (bicyclic) bond motifs is 1. The lowest BCUT2D eigenvalue weighted by Gasteiger charge is -2.07. The van der Waals surface area contributed by atoms with Crippen molar-refractivity contribution in [3.63, 3.8) is 0 Å². The summed E-state index contributed by atoms with van der Waals surface area (Å²) in [6.07, 6.45) is 2.72. The predicted molar refractivity (Wildman–Crippen MR) is 63.4 cm³/mol. The molecule has 2 aromatic carbocycles. The molecule has 0 bridgehead atoms. The number of benzene rings is 2. The van der Waals surface area contributed by atoms with Gasteiger partial charge in [-0.2, -0.15) is 0 Å². The topological polar surface area (TPSA) is 20.2 Å². The fourth-order valence-electron chi connectivity index (χ4n) is 1.63. The molecule has 75 valence electrons. The first-order chi connectivity index (χ1) is 7.31. The van der Waals surface area contributed by atoms with Crippen LogP contribution in [0.2, 0.25) is 0 Å². The van der Waals surface area contributed by atoms with Gasteiger partial charge < -0.3 is 5.11 Å². The van der Waals surface area contributed by atoms with E-state index < -0.39 is 6.10 Å². The van der Waals surface area contributed by atoms with Crippen LogP contribution in [-0.2, 0) is 0 Å². The number of hydrogen-bond donors (Lipinski definition) is 1. The van der Waals surface area contributed by atoms with E-state index in [4.69, 9.17) is 0 Å². The molecule has 0 aliphatic carbocycles. The van der Waals surface area contributed by atoms with Gasteiger partial charge >= 0.3 is 0 Å². The molecular formula is C14H13O. The highest BCUT2D eigenvalue weighted by Crippen LogP contribution is 2.20. The van der Waals surface area contributed by atoms with Crippen molar-refractivity contribution in [1.29, 1.82) is 0 Å². The lowest BCUT2D eigenvalue weighted by Crippen LogP contribution is -1.92. The van der Waals surface area contributed by atoms with E-state index in [2.05, 4.69) is 13.0 Å². The van der Waals surface area contributed by atoms with E-state index >= 15 is 0 Å². The molecule has 0 amide bonds. The molecule has 1 N–H and O–H groups in total. The van der Waals surface area contributed by atoms with Crippen LogP contribution in [-0.4, -0.2) is 5.11 Å². The Bertz CT molecular complexity index is 485. The van der Waals surface area contributed by atoms with E-state index in [1.54, 1.807) is 12.2 Å². The molecule has 2 rings (SSSR count). The molecule has 1 radical (unpaired) electrons. The Morgan fingerprint density at radius 3 is 2.53 bits per heavy atom. The molecule has 0 saturated carbocycles. The Kier molecular flexibility index (Phi) is 2.84. The Morgan fingerprint density at radius 1 is 1.07 bits per heavy atom. The lowest BCUT2D eigenvalue weighted by molar-refractivity contribution is 0.229. The third-order valence-corrected chi connectivity index (χ3v) is 2.43. The molecule has 1 heteroatoms. The standard InChI is InChI=1S/C14H13O/c1-2-5-14(15)13-9-8-11-6-3-4-7-12(11)10-13/h2-10,14-15H,1H2. The third-order valence-electron chi connectivity index (χ3n) is 2.43. The zero-order chi connectivity index (χ0) is 10.7. The zero-order valence-electron chi connectivity index (χ0n) is 8.43. The van der Waals surface area contributed by atoms with Crippen molar-refractivity contribution in [3.8, 4) is 0 Å². The SMILES string of the molecule is [CH2]C=CC(O)c1ccc2ccccc2c1. The molecule has 0 saturated heterocycles. The molecule has 0 spiro atoms. The maximum atomic E-state index is 9.75. The highest BCUT2D eigenvalue weighted by molar-refractivity contribution is 5.83. The van der Waals surface area contributed by atoms with Crippen molar-refractivity contribution in [3.05, 3.63) is 67.1 Å². The second-order valence-electron chi connectivity index (χ2n) is 3.48. The fraction of sp³-hybridized carbons (Fsp3) is 0.0714. The quantitative estimate of drug-likeness (QED) is 0.783. The lowest BCUT2D eigenvalue weighted by atomic mass is 10.0. The summed E-state index contributed by atoms with van der Waals surface area (Å²) in [5.74, 6) is 0. The van der Waals surface area contributed by atoms with Crippen LogP contribution in [0.1, 0.15) is 11.7 Å². The monoisotopic (exact) mass is 197 g/mol. The summed E-state index contributed by atoms with van der Waals surface area (Å²) in [6, 6.07) is 14.1. The van der Waals surface area contributed by atoms with Crippen LogP contribution < -0.4 is 0 Å². The summed E-state index contributed by atoms with van der Waals surface area (Å²) in [6.45, 7) is 3.57. The van der Waals surface area contributed by atoms with Gasteiger partial charge in [0.15, 0.2) is 0 Å². The Labute approximate surface area is 89.7 Å². The molecule has 0 aromatic heterocycles. The van der Waals surface area contributed by atoms with Crippen molar-refractivity contribution in [2.45, 2.75) is 6.10 Å². The first-order valence-electron chi connectivity index (χ1n) is 4.94. The van der Waals surface area contributed by atoms with Gasteiger partial charge in [0.25, 0.3) is 0 Å². The highest BCUT2D eigenvalue weighted by Gasteiger charge is 2.03. The first-order valence-corrected chi connectivity index (χ1v) is 4.94. The summed E-state index contributed by atoms with van der Waals surface area (Å²) in [5.41, 5.74) is 0.897. The van der Waals surface area contributed by atoms with E-state index in [0.29, 0.717) is 0 Å². The van der Waals surface area contributed by atoms with Crippen LogP contribution in [0.25, 0.3) is 10.8 Å². The van der Waals surface area contributed by atoms with Gasteiger partial charge in [-0.15, -0.1) is 0 Å². The zero-order valence-corrected chi connectivity index (χ0v) is 8.43. The van der Waals surface area contributed by atoms with Gasteiger partial charge in [-0.05, 0) is 29.3 Å². The van der Waals surface area contributed by atoms with Crippen LogP contribution in [0.5, 0.6) is 0 Å². The minimum atomic E-state index is -0.563. The van der Waals surface area contributed by atoms with Crippen molar-refractivity contribution in [2.24, 2.45) is 0 Å². The van der Waals surface area contributed by atoms with E-state index in [1.807, 2.05) is 36.4 Å². The van der Waals surface area contributed by atoms with Crippen LogP contribution in [0, 0.1) is 6.92 Å². The van der Waals surface area contributed by atoms with Gasteiger partial charge in [0, 0.05) is 0 Å². The van der Waals surface area contributed by atoms with Gasteiger partial charge in [0.2, 0.25) is 0 Å².